The van der Waals surface area contributed by atoms with Gasteiger partial charge in [-0.3, -0.25) is 0 Å². The molecule has 0 heterocycles. The lowest BCUT2D eigenvalue weighted by atomic mass is 9.96. The molecule has 6 nitrogen and oxygen atoms in total. The van der Waals surface area contributed by atoms with Crippen molar-refractivity contribution in [2.75, 3.05) is 17.2 Å². The molecule has 0 atom stereocenters. The summed E-state index contributed by atoms with van der Waals surface area (Å²) >= 11 is 0. The van der Waals surface area contributed by atoms with E-state index in [2.05, 4.69) is 28.2 Å². The Labute approximate surface area is 232 Å². The molecule has 216 valence electrons. The molecule has 0 spiro atoms. The van der Waals surface area contributed by atoms with E-state index in [-0.39, 0.29) is 18.1 Å². The summed E-state index contributed by atoms with van der Waals surface area (Å²) in [6.45, 7) is 2.98. The third kappa shape index (κ3) is 16.6. The first-order chi connectivity index (χ1) is 18.7. The molecule has 1 aromatic carbocycles. The molecule has 0 saturated heterocycles. The maximum atomic E-state index is 12.2. The molecule has 2 rings (SSSR count). The third-order valence-electron chi connectivity index (χ3n) is 7.66. The van der Waals surface area contributed by atoms with E-state index in [1.807, 2.05) is 24.3 Å². The van der Waals surface area contributed by atoms with Crippen molar-refractivity contribution in [2.45, 2.75) is 148 Å². The predicted molar refractivity (Wildman–Crippen MR) is 162 cm³/mol. The summed E-state index contributed by atoms with van der Waals surface area (Å²) in [6.07, 6.45) is 27.3. The molecule has 4 N–H and O–H groups in total. The van der Waals surface area contributed by atoms with E-state index in [0.717, 1.165) is 24.9 Å². The van der Waals surface area contributed by atoms with Crippen molar-refractivity contribution >= 4 is 23.4 Å². The molecule has 4 amide bonds. The van der Waals surface area contributed by atoms with Crippen molar-refractivity contribution in [1.82, 2.24) is 10.6 Å². The van der Waals surface area contributed by atoms with Crippen LogP contribution in [0.4, 0.5) is 21.0 Å². The second-order valence-corrected chi connectivity index (χ2v) is 11.2. The average molecular weight is 529 g/mol. The largest absolute Gasteiger partial charge is 0.338 e. The molecule has 38 heavy (non-hydrogen) atoms. The van der Waals surface area contributed by atoms with Crippen LogP contribution >= 0.6 is 0 Å². The number of carbonyl (C=O) groups is 2. The zero-order valence-corrected chi connectivity index (χ0v) is 24.3. The van der Waals surface area contributed by atoms with Crippen molar-refractivity contribution in [2.24, 2.45) is 0 Å². The lowest BCUT2D eigenvalue weighted by Crippen LogP contribution is -2.39. The number of amides is 4. The molecule has 1 aliphatic rings. The van der Waals surface area contributed by atoms with Crippen molar-refractivity contribution in [3.05, 3.63) is 24.3 Å². The number of hydrogen-bond acceptors (Lipinski definition) is 2. The van der Waals surface area contributed by atoms with Crippen molar-refractivity contribution < 1.29 is 9.59 Å². The Morgan fingerprint density at radius 3 is 1.50 bits per heavy atom. The molecular weight excluding hydrogens is 472 g/mol. The first-order valence-electron chi connectivity index (χ1n) is 15.9. The van der Waals surface area contributed by atoms with E-state index < -0.39 is 0 Å². The van der Waals surface area contributed by atoms with Crippen LogP contribution in [-0.2, 0) is 0 Å². The van der Waals surface area contributed by atoms with E-state index in [4.69, 9.17) is 0 Å². The van der Waals surface area contributed by atoms with Crippen LogP contribution in [0.2, 0.25) is 0 Å². The van der Waals surface area contributed by atoms with Gasteiger partial charge in [-0.2, -0.15) is 0 Å². The minimum atomic E-state index is -0.179. The maximum Gasteiger partial charge on any atom is 0.319 e. The van der Waals surface area contributed by atoms with Gasteiger partial charge in [-0.25, -0.2) is 9.59 Å². The molecule has 0 unspecified atom stereocenters. The van der Waals surface area contributed by atoms with Gasteiger partial charge in [0.05, 0.1) is 0 Å². The summed E-state index contributed by atoms with van der Waals surface area (Å²) in [5.41, 5.74) is 1.44. The monoisotopic (exact) mass is 528 g/mol. The Morgan fingerprint density at radius 1 is 0.605 bits per heavy atom. The molecule has 0 bridgehead atoms. The van der Waals surface area contributed by atoms with Gasteiger partial charge in [0, 0.05) is 24.0 Å². The van der Waals surface area contributed by atoms with Crippen LogP contribution in [0.15, 0.2) is 24.3 Å². The molecule has 1 aromatic rings. The van der Waals surface area contributed by atoms with E-state index in [1.54, 1.807) is 0 Å². The zero-order valence-electron chi connectivity index (χ0n) is 24.3. The zero-order chi connectivity index (χ0) is 27.1. The third-order valence-corrected chi connectivity index (χ3v) is 7.66. The van der Waals surface area contributed by atoms with Gasteiger partial charge in [-0.05, 0) is 43.5 Å². The lowest BCUT2D eigenvalue weighted by Gasteiger charge is -2.22. The Bertz CT molecular complexity index is 731. The van der Waals surface area contributed by atoms with Gasteiger partial charge in [0.1, 0.15) is 0 Å². The Kier molecular flexibility index (Phi) is 18.2. The predicted octanol–water partition coefficient (Wildman–Crippen LogP) is 9.52. The summed E-state index contributed by atoms with van der Waals surface area (Å²) in [6, 6.07) is 7.19. The van der Waals surface area contributed by atoms with E-state index >= 15 is 0 Å². The normalized spacial score (nSPS) is 13.7. The second kappa shape index (κ2) is 21.7. The molecule has 0 aliphatic heterocycles. The fourth-order valence-corrected chi connectivity index (χ4v) is 5.29. The van der Waals surface area contributed by atoms with Gasteiger partial charge in [0.25, 0.3) is 0 Å². The van der Waals surface area contributed by atoms with Crippen molar-refractivity contribution in [1.29, 1.82) is 0 Å². The highest BCUT2D eigenvalue weighted by Crippen LogP contribution is 2.18. The molecule has 1 aliphatic carbocycles. The second-order valence-electron chi connectivity index (χ2n) is 11.2. The average Bonchev–Trinajstić information content (AvgIpc) is 2.92. The van der Waals surface area contributed by atoms with Crippen LogP contribution in [0.5, 0.6) is 0 Å². The highest BCUT2D eigenvalue weighted by Gasteiger charge is 2.15. The van der Waals surface area contributed by atoms with Gasteiger partial charge in [0.15, 0.2) is 0 Å². The Hall–Kier alpha value is -2.24. The quantitative estimate of drug-likeness (QED) is 0.127. The van der Waals surface area contributed by atoms with Crippen LogP contribution in [0.3, 0.4) is 0 Å². The first-order valence-corrected chi connectivity index (χ1v) is 15.9. The maximum absolute atomic E-state index is 12.2. The Balaban J connectivity index is 1.38. The molecule has 0 aromatic heterocycles. The van der Waals surface area contributed by atoms with Crippen molar-refractivity contribution in [3.8, 4) is 0 Å². The molecule has 0 radical (unpaired) electrons. The molecular formula is C32H56N4O2. The van der Waals surface area contributed by atoms with Gasteiger partial charge < -0.3 is 21.3 Å². The minimum absolute atomic E-state index is 0.158. The van der Waals surface area contributed by atoms with Gasteiger partial charge in [0.2, 0.25) is 0 Å². The molecule has 6 heteroatoms. The van der Waals surface area contributed by atoms with Crippen LogP contribution < -0.4 is 21.3 Å². The van der Waals surface area contributed by atoms with Crippen LogP contribution in [0.25, 0.3) is 0 Å². The fraction of sp³-hybridized carbons (Fsp3) is 0.750. The number of nitrogens with one attached hydrogen (secondary N) is 4. The van der Waals surface area contributed by atoms with Crippen LogP contribution in [0, 0.1) is 0 Å². The lowest BCUT2D eigenvalue weighted by molar-refractivity contribution is 0.244. The molecule has 1 saturated carbocycles. The number of unbranched alkanes of at least 4 members (excludes halogenated alkanes) is 15. The molecule has 1 fully saturated rings. The number of rotatable bonds is 20. The summed E-state index contributed by atoms with van der Waals surface area (Å²) in [4.78, 5) is 24.3. The number of benzene rings is 1. The van der Waals surface area contributed by atoms with Gasteiger partial charge >= 0.3 is 12.1 Å². The number of urea groups is 2. The smallest absolute Gasteiger partial charge is 0.319 e. The van der Waals surface area contributed by atoms with Crippen LogP contribution in [-0.4, -0.2) is 24.6 Å². The fourth-order valence-electron chi connectivity index (χ4n) is 5.29. The summed E-state index contributed by atoms with van der Waals surface area (Å²) in [5, 5.41) is 11.7. The SMILES string of the molecule is CCCCCCCCCCCCCCCCCCNC(=O)Nc1ccc(NC(=O)NC2CCCCC2)cc1. The summed E-state index contributed by atoms with van der Waals surface area (Å²) in [7, 11) is 0. The summed E-state index contributed by atoms with van der Waals surface area (Å²) in [5.74, 6) is 0. The van der Waals surface area contributed by atoms with Gasteiger partial charge in [-0.1, -0.05) is 122 Å². The number of anilines is 2. The summed E-state index contributed by atoms with van der Waals surface area (Å²) < 4.78 is 0. The van der Waals surface area contributed by atoms with E-state index in [9.17, 15) is 9.59 Å². The number of carbonyl (C=O) groups excluding carboxylic acids is 2. The number of hydrogen-bond donors (Lipinski definition) is 4. The topological polar surface area (TPSA) is 82.3 Å². The standard InChI is InChI=1S/C32H56N4O2/c1-2-3-4-5-6-7-8-9-10-11-12-13-14-15-16-20-27-33-31(37)34-29-23-25-30(26-24-29)36-32(38)35-28-21-18-17-19-22-28/h23-26,28H,2-22,27H2,1H3,(H2,33,34,37)(H2,35,36,38). The first kappa shape index (κ1) is 32.0. The highest BCUT2D eigenvalue weighted by molar-refractivity contribution is 5.91. The van der Waals surface area contributed by atoms with E-state index in [1.165, 1.54) is 116 Å². The van der Waals surface area contributed by atoms with Crippen LogP contribution in [0.1, 0.15) is 142 Å². The highest BCUT2D eigenvalue weighted by atomic mass is 16.2. The van der Waals surface area contributed by atoms with Crippen molar-refractivity contribution in [3.63, 3.8) is 0 Å². The van der Waals surface area contributed by atoms with Gasteiger partial charge in [-0.15, -0.1) is 0 Å². The minimum Gasteiger partial charge on any atom is -0.338 e. The Morgan fingerprint density at radius 2 is 1.03 bits per heavy atom. The van der Waals surface area contributed by atoms with E-state index in [0.29, 0.717) is 12.2 Å².